The quantitative estimate of drug-likeness (QED) is 0.179. The van der Waals surface area contributed by atoms with Gasteiger partial charge in [0.15, 0.2) is 0 Å². The van der Waals surface area contributed by atoms with E-state index in [4.69, 9.17) is 4.74 Å². The molecule has 3 atom stereocenters. The van der Waals surface area contributed by atoms with E-state index in [0.717, 1.165) is 49.7 Å². The normalized spacial score (nSPS) is 15.0. The van der Waals surface area contributed by atoms with E-state index in [0.29, 0.717) is 19.4 Å². The maximum Gasteiger partial charge on any atom is 0.326 e. The van der Waals surface area contributed by atoms with Crippen LogP contribution in [0, 0.1) is 0 Å². The number of unbranched alkanes of at least 4 members (excludes halogenated alkanes) is 1. The van der Waals surface area contributed by atoms with Crippen LogP contribution >= 0.6 is 12.4 Å². The number of benzene rings is 2. The van der Waals surface area contributed by atoms with Gasteiger partial charge in [0.25, 0.3) is 0 Å². The first-order valence-corrected chi connectivity index (χ1v) is 15.1. The van der Waals surface area contributed by atoms with Crippen LogP contribution in [0.1, 0.15) is 69.9 Å². The zero-order valence-corrected chi connectivity index (χ0v) is 26.0. The van der Waals surface area contributed by atoms with Gasteiger partial charge in [0.1, 0.15) is 12.1 Å². The van der Waals surface area contributed by atoms with Gasteiger partial charge in [0.2, 0.25) is 11.8 Å². The molecule has 1 aliphatic carbocycles. The number of hydrogen-bond donors (Lipinski definition) is 3. The van der Waals surface area contributed by atoms with Crippen LogP contribution in [0.4, 0.5) is 0 Å². The van der Waals surface area contributed by atoms with Gasteiger partial charge in [0.05, 0.1) is 19.2 Å². The van der Waals surface area contributed by atoms with E-state index < -0.39 is 36.0 Å². The minimum atomic E-state index is -1.14. The molecule has 0 radical (unpaired) electrons. The van der Waals surface area contributed by atoms with E-state index in [1.54, 1.807) is 11.8 Å². The Morgan fingerprint density at radius 2 is 1.56 bits per heavy atom. The lowest BCUT2D eigenvalue weighted by Gasteiger charge is -2.32. The topological polar surface area (TPSA) is 125 Å². The van der Waals surface area contributed by atoms with Crippen LogP contribution in [0.2, 0.25) is 0 Å². The molecule has 0 aromatic heterocycles. The van der Waals surface area contributed by atoms with E-state index in [2.05, 4.69) is 10.6 Å². The SMILES string of the molecule is CCCCOC(=O)[C@H](CCc1ccccc1)N[C@@H](C)C(=O)N(CC(=O)N[C@@H](Cc1ccccc1)C(=O)O)C1CCCC1.Cl. The summed E-state index contributed by atoms with van der Waals surface area (Å²) in [5, 5.41) is 15.5. The molecule has 236 valence electrons. The first-order valence-electron chi connectivity index (χ1n) is 15.1. The molecule has 2 amide bonds. The highest BCUT2D eigenvalue weighted by molar-refractivity contribution is 5.90. The number of carbonyl (C=O) groups excluding carboxylic acids is 3. The highest BCUT2D eigenvalue weighted by Gasteiger charge is 2.34. The fraction of sp³-hybridized carbons (Fsp3) is 0.515. The van der Waals surface area contributed by atoms with Crippen molar-refractivity contribution >= 4 is 36.2 Å². The van der Waals surface area contributed by atoms with Crippen molar-refractivity contribution < 1.29 is 29.0 Å². The molecule has 0 saturated heterocycles. The largest absolute Gasteiger partial charge is 0.480 e. The van der Waals surface area contributed by atoms with Crippen LogP contribution in [-0.2, 0) is 36.8 Å². The van der Waals surface area contributed by atoms with Crippen molar-refractivity contribution in [3.05, 3.63) is 71.8 Å². The molecule has 1 aliphatic rings. The summed E-state index contributed by atoms with van der Waals surface area (Å²) in [7, 11) is 0. The van der Waals surface area contributed by atoms with E-state index in [1.807, 2.05) is 67.6 Å². The number of esters is 1. The van der Waals surface area contributed by atoms with Gasteiger partial charge in [-0.25, -0.2) is 4.79 Å². The molecule has 0 spiro atoms. The standard InChI is InChI=1S/C33H45N3O6.ClH/c1-3-4-21-42-33(41)28(20-19-25-13-7-5-8-14-25)34-24(2)31(38)36(27-17-11-12-18-27)23-30(37)35-29(32(39)40)22-26-15-9-6-10-16-26;/h5-10,13-16,24,27-29,34H,3-4,11-12,17-23H2,1-2H3,(H,35,37)(H,39,40);1H/t24-,28-,29-;/m0./s1. The first-order chi connectivity index (χ1) is 20.3. The molecule has 0 unspecified atom stereocenters. The average molecular weight is 616 g/mol. The maximum atomic E-state index is 13.8. The number of halogens is 1. The summed E-state index contributed by atoms with van der Waals surface area (Å²) in [5.41, 5.74) is 1.87. The second-order valence-electron chi connectivity index (χ2n) is 11.0. The predicted octanol–water partition coefficient (Wildman–Crippen LogP) is 4.31. The molecule has 2 aromatic rings. The minimum absolute atomic E-state index is 0. The number of aliphatic carboxylic acids is 1. The summed E-state index contributed by atoms with van der Waals surface area (Å²) in [5.74, 6) is -2.35. The molecule has 0 heterocycles. The number of hydrogen-bond acceptors (Lipinski definition) is 6. The monoisotopic (exact) mass is 615 g/mol. The Labute approximate surface area is 261 Å². The zero-order chi connectivity index (χ0) is 30.3. The van der Waals surface area contributed by atoms with E-state index in [1.165, 1.54) is 0 Å². The third-order valence-corrected chi connectivity index (χ3v) is 7.69. The fourth-order valence-electron chi connectivity index (χ4n) is 5.31. The van der Waals surface area contributed by atoms with Crippen molar-refractivity contribution in [2.24, 2.45) is 0 Å². The summed E-state index contributed by atoms with van der Waals surface area (Å²) in [6.45, 7) is 3.80. The summed E-state index contributed by atoms with van der Waals surface area (Å²) in [6, 6.07) is 16.2. The smallest absolute Gasteiger partial charge is 0.326 e. The molecule has 2 aromatic carbocycles. The van der Waals surface area contributed by atoms with Crippen molar-refractivity contribution in [1.82, 2.24) is 15.5 Å². The number of carbonyl (C=O) groups is 4. The molecule has 3 N–H and O–H groups in total. The Morgan fingerprint density at radius 3 is 2.14 bits per heavy atom. The Kier molecular flexibility index (Phi) is 15.8. The molecule has 43 heavy (non-hydrogen) atoms. The summed E-state index contributed by atoms with van der Waals surface area (Å²) in [6.07, 6.45) is 6.34. The number of aryl methyl sites for hydroxylation is 1. The Balaban J connectivity index is 0.00000645. The van der Waals surface area contributed by atoms with E-state index >= 15 is 0 Å². The van der Waals surface area contributed by atoms with Crippen molar-refractivity contribution in [2.75, 3.05) is 13.2 Å². The van der Waals surface area contributed by atoms with Crippen LogP contribution in [0.15, 0.2) is 60.7 Å². The predicted molar refractivity (Wildman–Crippen MR) is 168 cm³/mol. The molecule has 3 rings (SSSR count). The number of nitrogens with one attached hydrogen (secondary N) is 2. The van der Waals surface area contributed by atoms with Gasteiger partial charge in [-0.05, 0) is 50.2 Å². The lowest BCUT2D eigenvalue weighted by atomic mass is 10.0. The van der Waals surface area contributed by atoms with Crippen LogP contribution in [0.5, 0.6) is 0 Å². The number of ether oxygens (including phenoxy) is 1. The number of carboxylic acids is 1. The van der Waals surface area contributed by atoms with Gasteiger partial charge in [-0.1, -0.05) is 86.8 Å². The molecule has 1 fully saturated rings. The Morgan fingerprint density at radius 1 is 0.953 bits per heavy atom. The fourth-order valence-corrected chi connectivity index (χ4v) is 5.31. The minimum Gasteiger partial charge on any atom is -0.480 e. The molecule has 0 bridgehead atoms. The van der Waals surface area contributed by atoms with Gasteiger partial charge in [-0.3, -0.25) is 19.7 Å². The van der Waals surface area contributed by atoms with Crippen LogP contribution in [0.3, 0.4) is 0 Å². The molecule has 9 nitrogen and oxygen atoms in total. The average Bonchev–Trinajstić information content (AvgIpc) is 3.53. The zero-order valence-electron chi connectivity index (χ0n) is 25.2. The van der Waals surface area contributed by atoms with Gasteiger partial charge >= 0.3 is 11.9 Å². The number of amides is 2. The van der Waals surface area contributed by atoms with Crippen molar-refractivity contribution in [3.63, 3.8) is 0 Å². The lowest BCUT2D eigenvalue weighted by molar-refractivity contribution is -0.147. The third-order valence-electron chi connectivity index (χ3n) is 7.69. The van der Waals surface area contributed by atoms with E-state index in [-0.39, 0.29) is 37.3 Å². The molecular formula is C33H46ClN3O6. The van der Waals surface area contributed by atoms with Gasteiger partial charge < -0.3 is 20.1 Å². The second kappa shape index (κ2) is 19.0. The number of carboxylic acid groups (broad SMARTS) is 1. The Hall–Kier alpha value is -3.43. The number of rotatable bonds is 17. The van der Waals surface area contributed by atoms with Crippen molar-refractivity contribution in [3.8, 4) is 0 Å². The van der Waals surface area contributed by atoms with Crippen molar-refractivity contribution in [1.29, 1.82) is 0 Å². The maximum absolute atomic E-state index is 13.8. The second-order valence-corrected chi connectivity index (χ2v) is 11.0. The third kappa shape index (κ3) is 12.0. The highest BCUT2D eigenvalue weighted by Crippen LogP contribution is 2.24. The van der Waals surface area contributed by atoms with Gasteiger partial charge in [-0.15, -0.1) is 12.4 Å². The molecule has 0 aliphatic heterocycles. The van der Waals surface area contributed by atoms with Gasteiger partial charge in [0, 0.05) is 12.5 Å². The molecule has 10 heteroatoms. The van der Waals surface area contributed by atoms with E-state index in [9.17, 15) is 24.3 Å². The summed E-state index contributed by atoms with van der Waals surface area (Å²) in [4.78, 5) is 53.4. The molecular weight excluding hydrogens is 570 g/mol. The summed E-state index contributed by atoms with van der Waals surface area (Å²) >= 11 is 0. The first kappa shape index (κ1) is 35.8. The lowest BCUT2D eigenvalue weighted by Crippen LogP contribution is -2.56. The summed E-state index contributed by atoms with van der Waals surface area (Å²) < 4.78 is 5.51. The van der Waals surface area contributed by atoms with Crippen molar-refractivity contribution in [2.45, 2.75) is 95.8 Å². The number of nitrogens with zero attached hydrogens (tertiary/aromatic N) is 1. The highest BCUT2D eigenvalue weighted by atomic mass is 35.5. The Bertz CT molecular complexity index is 1140. The van der Waals surface area contributed by atoms with Gasteiger partial charge in [-0.2, -0.15) is 0 Å². The van der Waals surface area contributed by atoms with Crippen LogP contribution < -0.4 is 10.6 Å². The van der Waals surface area contributed by atoms with Crippen LogP contribution in [-0.4, -0.2) is 71.1 Å². The molecule has 1 saturated carbocycles. The van der Waals surface area contributed by atoms with Crippen LogP contribution in [0.25, 0.3) is 0 Å².